The first kappa shape index (κ1) is 12.5. The van der Waals surface area contributed by atoms with Crippen molar-refractivity contribution in [3.63, 3.8) is 0 Å². The molecule has 1 saturated carbocycles. The number of hydrogen-bond donors (Lipinski definition) is 1. The van der Waals surface area contributed by atoms with Crippen molar-refractivity contribution in [1.29, 1.82) is 0 Å². The zero-order valence-electron chi connectivity index (χ0n) is 9.92. The lowest BCUT2D eigenvalue weighted by Gasteiger charge is -2.10. The van der Waals surface area contributed by atoms with E-state index in [4.69, 9.17) is 11.6 Å². The van der Waals surface area contributed by atoms with Crippen LogP contribution in [0.2, 0.25) is 5.02 Å². The molecule has 2 aromatic rings. The van der Waals surface area contributed by atoms with Crippen molar-refractivity contribution in [2.75, 3.05) is 0 Å². The molecule has 0 spiro atoms. The van der Waals surface area contributed by atoms with Gasteiger partial charge in [0.05, 0.1) is 10.9 Å². The molecule has 1 N–H and O–H groups in total. The SMILES string of the molecule is O=c1[nH]c([C@H]2CCC(F)(F)C2)nc2ccc(Cl)cc12. The third kappa shape index (κ3) is 2.34. The van der Waals surface area contributed by atoms with Crippen molar-refractivity contribution in [2.45, 2.75) is 31.1 Å². The molecular formula is C13H11ClF2N2O. The fraction of sp³-hybridized carbons (Fsp3) is 0.385. The van der Waals surface area contributed by atoms with E-state index in [0.717, 1.165) is 0 Å². The average molecular weight is 285 g/mol. The Labute approximate surface area is 112 Å². The van der Waals surface area contributed by atoms with Crippen LogP contribution in [0.4, 0.5) is 8.78 Å². The van der Waals surface area contributed by atoms with Crippen LogP contribution in [0.1, 0.15) is 31.0 Å². The smallest absolute Gasteiger partial charge is 0.258 e. The molecule has 19 heavy (non-hydrogen) atoms. The summed E-state index contributed by atoms with van der Waals surface area (Å²) in [6.07, 6.45) is -0.0654. The molecule has 1 aliphatic rings. The minimum absolute atomic E-state index is 0.153. The largest absolute Gasteiger partial charge is 0.310 e. The number of benzene rings is 1. The molecule has 0 amide bonds. The average Bonchev–Trinajstić information content (AvgIpc) is 2.70. The van der Waals surface area contributed by atoms with E-state index in [1.807, 2.05) is 0 Å². The van der Waals surface area contributed by atoms with Gasteiger partial charge in [0.1, 0.15) is 5.82 Å². The van der Waals surface area contributed by atoms with Gasteiger partial charge in [0.25, 0.3) is 5.56 Å². The van der Waals surface area contributed by atoms with Crippen LogP contribution in [0.5, 0.6) is 0 Å². The van der Waals surface area contributed by atoms with Crippen LogP contribution in [-0.4, -0.2) is 15.9 Å². The monoisotopic (exact) mass is 284 g/mol. The summed E-state index contributed by atoms with van der Waals surface area (Å²) in [7, 11) is 0. The van der Waals surface area contributed by atoms with Crippen LogP contribution in [-0.2, 0) is 0 Å². The molecule has 1 atom stereocenters. The standard InChI is InChI=1S/C13H11ClF2N2O/c14-8-1-2-10-9(5-8)12(19)18-11(17-10)7-3-4-13(15,16)6-7/h1-2,5,7H,3-4,6H2,(H,17,18,19)/t7-/m0/s1. The van der Waals surface area contributed by atoms with E-state index >= 15 is 0 Å². The summed E-state index contributed by atoms with van der Waals surface area (Å²) >= 11 is 5.82. The van der Waals surface area contributed by atoms with Gasteiger partial charge in [-0.1, -0.05) is 11.6 Å². The molecule has 0 aliphatic heterocycles. The first-order valence-electron chi connectivity index (χ1n) is 6.02. The van der Waals surface area contributed by atoms with E-state index in [1.54, 1.807) is 12.1 Å². The number of nitrogens with zero attached hydrogens (tertiary/aromatic N) is 1. The Bertz CT molecular complexity index is 699. The van der Waals surface area contributed by atoms with Gasteiger partial charge in [-0.3, -0.25) is 4.79 Å². The first-order valence-corrected chi connectivity index (χ1v) is 6.40. The van der Waals surface area contributed by atoms with Crippen LogP contribution in [0.25, 0.3) is 10.9 Å². The lowest BCUT2D eigenvalue weighted by atomic mass is 10.1. The molecule has 1 aromatic carbocycles. The highest BCUT2D eigenvalue weighted by Crippen LogP contribution is 2.43. The maximum Gasteiger partial charge on any atom is 0.258 e. The molecule has 0 bridgehead atoms. The molecule has 3 rings (SSSR count). The zero-order chi connectivity index (χ0) is 13.6. The summed E-state index contributed by atoms with van der Waals surface area (Å²) < 4.78 is 26.4. The van der Waals surface area contributed by atoms with Crippen LogP contribution < -0.4 is 5.56 Å². The lowest BCUT2D eigenvalue weighted by molar-refractivity contribution is 0.00754. The number of aromatic amines is 1. The number of rotatable bonds is 1. The Morgan fingerprint density at radius 3 is 2.89 bits per heavy atom. The van der Waals surface area contributed by atoms with Gasteiger partial charge in [-0.2, -0.15) is 0 Å². The van der Waals surface area contributed by atoms with E-state index in [-0.39, 0.29) is 24.3 Å². The molecule has 6 heteroatoms. The van der Waals surface area contributed by atoms with Crippen molar-refractivity contribution in [3.8, 4) is 0 Å². The second-order valence-electron chi connectivity index (χ2n) is 4.91. The summed E-state index contributed by atoms with van der Waals surface area (Å²) in [6, 6.07) is 4.78. The Morgan fingerprint density at radius 1 is 1.42 bits per heavy atom. The van der Waals surface area contributed by atoms with Crippen LogP contribution in [0, 0.1) is 0 Å². The Morgan fingerprint density at radius 2 is 2.21 bits per heavy atom. The molecule has 0 radical (unpaired) electrons. The Balaban J connectivity index is 2.07. The predicted octanol–water partition coefficient (Wildman–Crippen LogP) is 3.48. The molecule has 1 fully saturated rings. The highest BCUT2D eigenvalue weighted by Gasteiger charge is 2.41. The van der Waals surface area contributed by atoms with Crippen LogP contribution in [0.3, 0.4) is 0 Å². The molecule has 0 unspecified atom stereocenters. The second kappa shape index (κ2) is 4.27. The topological polar surface area (TPSA) is 45.8 Å². The van der Waals surface area contributed by atoms with Crippen molar-refractivity contribution >= 4 is 22.5 Å². The zero-order valence-corrected chi connectivity index (χ0v) is 10.7. The number of H-pyrrole nitrogens is 1. The van der Waals surface area contributed by atoms with Crippen molar-refractivity contribution in [3.05, 3.63) is 39.4 Å². The molecular weight excluding hydrogens is 274 g/mol. The first-order chi connectivity index (χ1) is 8.94. The van der Waals surface area contributed by atoms with Crippen molar-refractivity contribution in [1.82, 2.24) is 9.97 Å². The highest BCUT2D eigenvalue weighted by molar-refractivity contribution is 6.31. The number of alkyl halides is 2. The highest BCUT2D eigenvalue weighted by atomic mass is 35.5. The van der Waals surface area contributed by atoms with Gasteiger partial charge in [-0.25, -0.2) is 13.8 Å². The van der Waals surface area contributed by atoms with Gasteiger partial charge >= 0.3 is 0 Å². The summed E-state index contributed by atoms with van der Waals surface area (Å²) in [6.45, 7) is 0. The van der Waals surface area contributed by atoms with Gasteiger partial charge in [-0.15, -0.1) is 0 Å². The fourth-order valence-corrected chi connectivity index (χ4v) is 2.68. The van der Waals surface area contributed by atoms with Gasteiger partial charge in [0.2, 0.25) is 5.92 Å². The van der Waals surface area contributed by atoms with Gasteiger partial charge in [-0.05, 0) is 24.6 Å². The van der Waals surface area contributed by atoms with Crippen molar-refractivity contribution in [2.24, 2.45) is 0 Å². The van der Waals surface area contributed by atoms with Crippen LogP contribution in [0.15, 0.2) is 23.0 Å². The van der Waals surface area contributed by atoms with E-state index in [9.17, 15) is 13.6 Å². The van der Waals surface area contributed by atoms with E-state index in [0.29, 0.717) is 28.2 Å². The molecule has 1 heterocycles. The number of halogens is 3. The number of nitrogens with one attached hydrogen (secondary N) is 1. The van der Waals surface area contributed by atoms with Crippen molar-refractivity contribution < 1.29 is 8.78 Å². The normalized spacial score (nSPS) is 21.9. The number of aromatic nitrogens is 2. The minimum Gasteiger partial charge on any atom is -0.310 e. The van der Waals surface area contributed by atoms with E-state index in [2.05, 4.69) is 9.97 Å². The summed E-state index contributed by atoms with van der Waals surface area (Å²) in [5.74, 6) is -2.70. The van der Waals surface area contributed by atoms with Gasteiger partial charge < -0.3 is 4.98 Å². The Kier molecular flexibility index (Phi) is 2.82. The minimum atomic E-state index is -2.65. The summed E-state index contributed by atoms with van der Waals surface area (Å²) in [5.41, 5.74) is 0.149. The Hall–Kier alpha value is -1.49. The molecule has 1 aliphatic carbocycles. The third-order valence-electron chi connectivity index (χ3n) is 3.48. The van der Waals surface area contributed by atoms with Gasteiger partial charge in [0, 0.05) is 23.8 Å². The van der Waals surface area contributed by atoms with Gasteiger partial charge in [0.15, 0.2) is 0 Å². The maximum absolute atomic E-state index is 13.2. The molecule has 1 aromatic heterocycles. The predicted molar refractivity (Wildman–Crippen MR) is 68.9 cm³/mol. The van der Waals surface area contributed by atoms with E-state index < -0.39 is 5.92 Å². The molecule has 0 saturated heterocycles. The maximum atomic E-state index is 13.2. The van der Waals surface area contributed by atoms with Crippen LogP contribution >= 0.6 is 11.6 Å². The molecule has 100 valence electrons. The fourth-order valence-electron chi connectivity index (χ4n) is 2.51. The summed E-state index contributed by atoms with van der Waals surface area (Å²) in [4.78, 5) is 18.8. The number of hydrogen-bond acceptors (Lipinski definition) is 2. The third-order valence-corrected chi connectivity index (χ3v) is 3.71. The number of fused-ring (bicyclic) bond motifs is 1. The quantitative estimate of drug-likeness (QED) is 0.871. The second-order valence-corrected chi connectivity index (χ2v) is 5.34. The molecule has 3 nitrogen and oxygen atoms in total. The van der Waals surface area contributed by atoms with E-state index in [1.165, 1.54) is 6.07 Å². The lowest BCUT2D eigenvalue weighted by Crippen LogP contribution is -2.15. The summed E-state index contributed by atoms with van der Waals surface area (Å²) in [5, 5.41) is 0.820.